The average Bonchev–Trinajstić information content (AvgIpc) is 2.58. The molecular formula is C21H29NO. The van der Waals surface area contributed by atoms with Crippen molar-refractivity contribution in [1.29, 1.82) is 0 Å². The lowest BCUT2D eigenvalue weighted by Crippen LogP contribution is -1.88. The summed E-state index contributed by atoms with van der Waals surface area (Å²) in [6.45, 7) is 4.47. The molecule has 0 aliphatic heterocycles. The Kier molecular flexibility index (Phi) is 7.12. The third-order valence-corrected chi connectivity index (χ3v) is 4.34. The molecule has 0 bridgehead atoms. The highest BCUT2D eigenvalue weighted by atomic mass is 16.3. The van der Waals surface area contributed by atoms with Gasteiger partial charge in [0.25, 0.3) is 0 Å². The van der Waals surface area contributed by atoms with Gasteiger partial charge in [-0.15, -0.1) is 0 Å². The minimum Gasteiger partial charge on any atom is -0.505 e. The molecule has 0 fully saturated rings. The zero-order valence-corrected chi connectivity index (χ0v) is 14.5. The Morgan fingerprint density at radius 2 is 1.78 bits per heavy atom. The third kappa shape index (κ3) is 5.09. The number of hydrogen-bond acceptors (Lipinski definition) is 2. The highest BCUT2D eigenvalue weighted by molar-refractivity contribution is 5.88. The summed E-state index contributed by atoms with van der Waals surface area (Å²) in [5.41, 5.74) is 3.05. The van der Waals surface area contributed by atoms with Crippen LogP contribution >= 0.6 is 0 Å². The maximum atomic E-state index is 10.5. The highest BCUT2D eigenvalue weighted by Gasteiger charge is 2.07. The van der Waals surface area contributed by atoms with E-state index in [4.69, 9.17) is 0 Å². The fourth-order valence-corrected chi connectivity index (χ4v) is 2.93. The van der Waals surface area contributed by atoms with Gasteiger partial charge < -0.3 is 5.11 Å². The van der Waals surface area contributed by atoms with E-state index in [1.807, 2.05) is 24.3 Å². The summed E-state index contributed by atoms with van der Waals surface area (Å²) in [4.78, 5) is 4.32. The Labute approximate surface area is 140 Å². The predicted molar refractivity (Wildman–Crippen MR) is 99.7 cm³/mol. The SMILES string of the molecule is CCCCCC/C(=C/c1ccc2cccnc2c1O)CCCC. The van der Waals surface area contributed by atoms with Gasteiger partial charge in [-0.25, -0.2) is 0 Å². The molecule has 0 saturated carbocycles. The van der Waals surface area contributed by atoms with Gasteiger partial charge in [-0.1, -0.05) is 69.4 Å². The van der Waals surface area contributed by atoms with Gasteiger partial charge in [-0.2, -0.15) is 0 Å². The standard InChI is InChI=1S/C21H29NO/c1-3-5-7-8-11-17(10-6-4-2)16-19-14-13-18-12-9-15-22-20(18)21(19)23/h9,12-16,23H,3-8,10-11H2,1-2H3/b17-16+. The number of phenolic OH excluding ortho intramolecular Hbond substituents is 1. The number of aromatic nitrogens is 1. The van der Waals surface area contributed by atoms with Crippen molar-refractivity contribution >= 4 is 17.0 Å². The average molecular weight is 311 g/mol. The first-order chi connectivity index (χ1) is 11.3. The van der Waals surface area contributed by atoms with Crippen molar-refractivity contribution in [3.8, 4) is 5.75 Å². The van der Waals surface area contributed by atoms with Gasteiger partial charge in [0.1, 0.15) is 11.3 Å². The Bertz CT molecular complexity index is 645. The van der Waals surface area contributed by atoms with Gasteiger partial charge in [-0.05, 0) is 31.7 Å². The lowest BCUT2D eigenvalue weighted by Gasteiger charge is -2.09. The van der Waals surface area contributed by atoms with Crippen molar-refractivity contribution in [2.75, 3.05) is 0 Å². The van der Waals surface area contributed by atoms with Crippen LogP contribution in [0.25, 0.3) is 17.0 Å². The van der Waals surface area contributed by atoms with E-state index in [0.29, 0.717) is 11.3 Å². The number of pyridine rings is 1. The molecule has 1 N–H and O–H groups in total. The number of nitrogens with zero attached hydrogens (tertiary/aromatic N) is 1. The molecule has 2 heteroatoms. The molecule has 23 heavy (non-hydrogen) atoms. The van der Waals surface area contributed by atoms with Crippen LogP contribution in [0.4, 0.5) is 0 Å². The predicted octanol–water partition coefficient (Wildman–Crippen LogP) is 6.48. The maximum Gasteiger partial charge on any atom is 0.149 e. The number of unbranched alkanes of at least 4 members (excludes halogenated alkanes) is 4. The highest BCUT2D eigenvalue weighted by Crippen LogP contribution is 2.30. The third-order valence-electron chi connectivity index (χ3n) is 4.34. The summed E-state index contributed by atoms with van der Waals surface area (Å²) in [7, 11) is 0. The van der Waals surface area contributed by atoms with Crippen LogP contribution < -0.4 is 0 Å². The largest absolute Gasteiger partial charge is 0.505 e. The van der Waals surface area contributed by atoms with E-state index in [9.17, 15) is 5.11 Å². The molecule has 124 valence electrons. The van der Waals surface area contributed by atoms with Crippen LogP contribution in [0.5, 0.6) is 5.75 Å². The summed E-state index contributed by atoms with van der Waals surface area (Å²) in [6.07, 6.45) is 13.7. The van der Waals surface area contributed by atoms with Crippen LogP contribution in [0.2, 0.25) is 0 Å². The molecule has 2 rings (SSSR count). The van der Waals surface area contributed by atoms with E-state index < -0.39 is 0 Å². The first kappa shape index (κ1) is 17.5. The van der Waals surface area contributed by atoms with Crippen LogP contribution in [0.1, 0.15) is 70.8 Å². The van der Waals surface area contributed by atoms with E-state index in [1.54, 1.807) is 6.20 Å². The summed E-state index contributed by atoms with van der Waals surface area (Å²) >= 11 is 0. The Balaban J connectivity index is 2.20. The monoisotopic (exact) mass is 311 g/mol. The summed E-state index contributed by atoms with van der Waals surface area (Å²) in [5, 5.41) is 11.5. The van der Waals surface area contributed by atoms with Crippen molar-refractivity contribution in [1.82, 2.24) is 4.98 Å². The van der Waals surface area contributed by atoms with Crippen LogP contribution in [-0.4, -0.2) is 10.1 Å². The minimum atomic E-state index is 0.311. The number of rotatable bonds is 9. The van der Waals surface area contributed by atoms with Gasteiger partial charge in [0, 0.05) is 17.1 Å². The van der Waals surface area contributed by atoms with E-state index >= 15 is 0 Å². The fraction of sp³-hybridized carbons (Fsp3) is 0.476. The second kappa shape index (κ2) is 9.34. The first-order valence-electron chi connectivity index (χ1n) is 9.02. The second-order valence-electron chi connectivity index (χ2n) is 6.30. The van der Waals surface area contributed by atoms with Crippen molar-refractivity contribution in [3.63, 3.8) is 0 Å². The van der Waals surface area contributed by atoms with Crippen LogP contribution in [0.3, 0.4) is 0 Å². The van der Waals surface area contributed by atoms with E-state index in [0.717, 1.165) is 23.8 Å². The molecule has 0 unspecified atom stereocenters. The van der Waals surface area contributed by atoms with E-state index in [2.05, 4.69) is 24.9 Å². The molecule has 0 spiro atoms. The molecule has 2 aromatic rings. The molecular weight excluding hydrogens is 282 g/mol. The van der Waals surface area contributed by atoms with Crippen LogP contribution in [0, 0.1) is 0 Å². The molecule has 1 aromatic heterocycles. The lowest BCUT2D eigenvalue weighted by molar-refractivity contribution is 0.479. The topological polar surface area (TPSA) is 33.1 Å². The quantitative estimate of drug-likeness (QED) is 0.537. The molecule has 0 aliphatic rings. The normalized spacial score (nSPS) is 12.0. The van der Waals surface area contributed by atoms with Crippen molar-refractivity contribution in [3.05, 3.63) is 41.6 Å². The Morgan fingerprint density at radius 1 is 1.00 bits per heavy atom. The van der Waals surface area contributed by atoms with Crippen LogP contribution in [0.15, 0.2) is 36.0 Å². The van der Waals surface area contributed by atoms with Gasteiger partial charge in [0.2, 0.25) is 0 Å². The van der Waals surface area contributed by atoms with Gasteiger partial charge in [0.15, 0.2) is 0 Å². The number of hydrogen-bond donors (Lipinski definition) is 1. The molecule has 1 heterocycles. The van der Waals surface area contributed by atoms with Gasteiger partial charge >= 0.3 is 0 Å². The molecule has 0 amide bonds. The minimum absolute atomic E-state index is 0.311. The fourth-order valence-electron chi connectivity index (χ4n) is 2.93. The zero-order chi connectivity index (χ0) is 16.5. The molecule has 0 atom stereocenters. The van der Waals surface area contributed by atoms with Crippen LogP contribution in [-0.2, 0) is 0 Å². The second-order valence-corrected chi connectivity index (χ2v) is 6.30. The summed E-state index contributed by atoms with van der Waals surface area (Å²) in [5.74, 6) is 0.311. The maximum absolute atomic E-state index is 10.5. The molecule has 1 aromatic carbocycles. The van der Waals surface area contributed by atoms with Gasteiger partial charge in [-0.3, -0.25) is 4.98 Å². The lowest BCUT2D eigenvalue weighted by atomic mass is 9.98. The first-order valence-corrected chi connectivity index (χ1v) is 9.02. The van der Waals surface area contributed by atoms with Crippen molar-refractivity contribution in [2.45, 2.75) is 65.2 Å². The molecule has 2 nitrogen and oxygen atoms in total. The summed E-state index contributed by atoms with van der Waals surface area (Å²) in [6, 6.07) is 7.94. The van der Waals surface area contributed by atoms with E-state index in [1.165, 1.54) is 44.1 Å². The zero-order valence-electron chi connectivity index (χ0n) is 14.5. The number of benzene rings is 1. The smallest absolute Gasteiger partial charge is 0.149 e. The number of aromatic hydroxyl groups is 1. The summed E-state index contributed by atoms with van der Waals surface area (Å²) < 4.78 is 0. The molecule has 0 aliphatic carbocycles. The number of fused-ring (bicyclic) bond motifs is 1. The number of phenols is 1. The number of allylic oxidation sites excluding steroid dienone is 1. The van der Waals surface area contributed by atoms with Gasteiger partial charge in [0.05, 0.1) is 0 Å². The Morgan fingerprint density at radius 3 is 2.57 bits per heavy atom. The van der Waals surface area contributed by atoms with Crippen molar-refractivity contribution in [2.24, 2.45) is 0 Å². The van der Waals surface area contributed by atoms with E-state index in [-0.39, 0.29) is 0 Å². The van der Waals surface area contributed by atoms with Crippen molar-refractivity contribution < 1.29 is 5.11 Å². The Hall–Kier alpha value is -1.83. The molecule has 0 saturated heterocycles. The molecule has 0 radical (unpaired) electrons.